The highest BCUT2D eigenvalue weighted by molar-refractivity contribution is 5.91. The van der Waals surface area contributed by atoms with E-state index < -0.39 is 11.7 Å². The Morgan fingerprint density at radius 1 is 1.30 bits per heavy atom. The van der Waals surface area contributed by atoms with Gasteiger partial charge in [-0.05, 0) is 57.4 Å². The van der Waals surface area contributed by atoms with E-state index in [0.717, 1.165) is 16.9 Å². The van der Waals surface area contributed by atoms with Crippen molar-refractivity contribution in [2.24, 2.45) is 0 Å². The van der Waals surface area contributed by atoms with E-state index in [4.69, 9.17) is 9.47 Å². The van der Waals surface area contributed by atoms with E-state index in [-0.39, 0.29) is 18.2 Å². The quantitative estimate of drug-likeness (QED) is 0.839. The molecule has 1 fully saturated rings. The number of piperidine rings is 1. The van der Waals surface area contributed by atoms with E-state index >= 15 is 0 Å². The second kappa shape index (κ2) is 6.60. The first-order valence-electron chi connectivity index (χ1n) is 7.86. The van der Waals surface area contributed by atoms with Crippen LogP contribution >= 0.6 is 0 Å². The molecule has 1 saturated heterocycles. The largest absolute Gasteiger partial charge is 0.497 e. The van der Waals surface area contributed by atoms with Gasteiger partial charge in [-0.2, -0.15) is 0 Å². The number of hydrogen-bond acceptors (Lipinski definition) is 4. The molecule has 1 heterocycles. The summed E-state index contributed by atoms with van der Waals surface area (Å²) in [7, 11) is 1.62. The zero-order chi connectivity index (χ0) is 17.2. The molecule has 2 rings (SSSR count). The van der Waals surface area contributed by atoms with Gasteiger partial charge >= 0.3 is 6.09 Å². The van der Waals surface area contributed by atoms with E-state index in [1.807, 2.05) is 45.9 Å². The SMILES string of the molecule is COc1ccc([C@H]2CCN(C(=O)OC(C)(C)C)CC2=O)c(C)c1. The maximum Gasteiger partial charge on any atom is 0.410 e. The molecule has 1 aromatic carbocycles. The molecule has 126 valence electrons. The van der Waals surface area contributed by atoms with Crippen molar-refractivity contribution < 1.29 is 19.1 Å². The van der Waals surface area contributed by atoms with Crippen molar-refractivity contribution in [1.82, 2.24) is 4.90 Å². The minimum absolute atomic E-state index is 0.0513. The predicted octanol–water partition coefficient (Wildman–Crippen LogP) is 3.30. The van der Waals surface area contributed by atoms with Gasteiger partial charge in [-0.15, -0.1) is 0 Å². The summed E-state index contributed by atoms with van der Waals surface area (Å²) in [6.07, 6.45) is 0.196. The lowest BCUT2D eigenvalue weighted by Gasteiger charge is -2.33. The number of aryl methyl sites for hydroxylation is 1. The Hall–Kier alpha value is -2.04. The zero-order valence-electron chi connectivity index (χ0n) is 14.5. The normalized spacial score (nSPS) is 18.7. The van der Waals surface area contributed by atoms with Crippen molar-refractivity contribution in [3.63, 3.8) is 0 Å². The van der Waals surface area contributed by atoms with Crippen LogP contribution in [0.25, 0.3) is 0 Å². The van der Waals surface area contributed by atoms with Crippen molar-refractivity contribution in [2.75, 3.05) is 20.2 Å². The molecule has 5 nitrogen and oxygen atoms in total. The second-order valence-electron chi connectivity index (χ2n) is 6.93. The van der Waals surface area contributed by atoms with Crippen LogP contribution in [-0.4, -0.2) is 42.6 Å². The third kappa shape index (κ3) is 4.24. The van der Waals surface area contributed by atoms with Gasteiger partial charge in [0.15, 0.2) is 5.78 Å². The fourth-order valence-electron chi connectivity index (χ4n) is 2.80. The van der Waals surface area contributed by atoms with E-state index in [9.17, 15) is 9.59 Å². The lowest BCUT2D eigenvalue weighted by Crippen LogP contribution is -2.45. The minimum atomic E-state index is -0.552. The number of carbonyl (C=O) groups excluding carboxylic acids is 2. The number of likely N-dealkylation sites (tertiary alicyclic amines) is 1. The monoisotopic (exact) mass is 319 g/mol. The highest BCUT2D eigenvalue weighted by Gasteiger charge is 2.33. The fraction of sp³-hybridized carbons (Fsp3) is 0.556. The number of hydrogen-bond donors (Lipinski definition) is 0. The Labute approximate surface area is 137 Å². The number of ketones is 1. The number of carbonyl (C=O) groups is 2. The molecule has 0 aliphatic carbocycles. The maximum atomic E-state index is 12.5. The van der Waals surface area contributed by atoms with Gasteiger partial charge in [0.2, 0.25) is 0 Å². The van der Waals surface area contributed by atoms with Crippen LogP contribution in [0.5, 0.6) is 5.75 Å². The van der Waals surface area contributed by atoms with Crippen LogP contribution in [0, 0.1) is 6.92 Å². The van der Waals surface area contributed by atoms with E-state index in [0.29, 0.717) is 13.0 Å². The Balaban J connectivity index is 2.07. The van der Waals surface area contributed by atoms with Crippen molar-refractivity contribution in [2.45, 2.75) is 45.6 Å². The second-order valence-corrected chi connectivity index (χ2v) is 6.93. The predicted molar refractivity (Wildman–Crippen MR) is 87.9 cm³/mol. The minimum Gasteiger partial charge on any atom is -0.497 e. The molecule has 1 atom stereocenters. The molecular formula is C18H25NO4. The van der Waals surface area contributed by atoms with E-state index in [2.05, 4.69) is 0 Å². The molecular weight excluding hydrogens is 294 g/mol. The number of methoxy groups -OCH3 is 1. The van der Waals surface area contributed by atoms with Crippen LogP contribution in [0.4, 0.5) is 4.79 Å². The summed E-state index contributed by atoms with van der Waals surface area (Å²) < 4.78 is 10.5. The summed E-state index contributed by atoms with van der Waals surface area (Å²) in [6, 6.07) is 5.75. The number of nitrogens with zero attached hydrogens (tertiary/aromatic N) is 1. The zero-order valence-corrected chi connectivity index (χ0v) is 14.5. The molecule has 1 amide bonds. The number of ether oxygens (including phenoxy) is 2. The summed E-state index contributed by atoms with van der Waals surface area (Å²) in [6.45, 7) is 8.06. The summed E-state index contributed by atoms with van der Waals surface area (Å²) in [5.74, 6) is 0.667. The first kappa shape index (κ1) is 17.3. The molecule has 0 bridgehead atoms. The molecule has 1 aliphatic heterocycles. The Morgan fingerprint density at radius 2 is 2.00 bits per heavy atom. The Morgan fingerprint density at radius 3 is 2.52 bits per heavy atom. The lowest BCUT2D eigenvalue weighted by molar-refractivity contribution is -0.123. The molecule has 0 saturated carbocycles. The van der Waals surface area contributed by atoms with Crippen molar-refractivity contribution in [3.8, 4) is 5.75 Å². The number of amides is 1. The molecule has 0 spiro atoms. The average molecular weight is 319 g/mol. The third-order valence-corrected chi connectivity index (χ3v) is 3.93. The van der Waals surface area contributed by atoms with Gasteiger partial charge in [0, 0.05) is 12.5 Å². The smallest absolute Gasteiger partial charge is 0.410 e. The summed E-state index contributed by atoms with van der Waals surface area (Å²) in [5, 5.41) is 0. The van der Waals surface area contributed by atoms with Crippen molar-refractivity contribution in [1.29, 1.82) is 0 Å². The summed E-state index contributed by atoms with van der Waals surface area (Å²) in [5.41, 5.74) is 1.50. The first-order chi connectivity index (χ1) is 10.7. The first-order valence-corrected chi connectivity index (χ1v) is 7.86. The summed E-state index contributed by atoms with van der Waals surface area (Å²) >= 11 is 0. The van der Waals surface area contributed by atoms with Crippen LogP contribution in [0.2, 0.25) is 0 Å². The average Bonchev–Trinajstić information content (AvgIpc) is 2.45. The molecule has 1 aromatic rings. The molecule has 0 unspecified atom stereocenters. The molecule has 5 heteroatoms. The van der Waals surface area contributed by atoms with E-state index in [1.165, 1.54) is 4.90 Å². The van der Waals surface area contributed by atoms with Crippen LogP contribution in [0.1, 0.15) is 44.2 Å². The molecule has 0 N–H and O–H groups in total. The van der Waals surface area contributed by atoms with Gasteiger partial charge in [0.25, 0.3) is 0 Å². The highest BCUT2D eigenvalue weighted by Crippen LogP contribution is 2.30. The van der Waals surface area contributed by atoms with Gasteiger partial charge in [-0.3, -0.25) is 4.79 Å². The van der Waals surface area contributed by atoms with Gasteiger partial charge < -0.3 is 14.4 Å². The van der Waals surface area contributed by atoms with Gasteiger partial charge in [-0.1, -0.05) is 6.07 Å². The molecule has 23 heavy (non-hydrogen) atoms. The summed E-state index contributed by atoms with van der Waals surface area (Å²) in [4.78, 5) is 26.1. The van der Waals surface area contributed by atoms with Crippen LogP contribution in [0.15, 0.2) is 18.2 Å². The van der Waals surface area contributed by atoms with Gasteiger partial charge in [-0.25, -0.2) is 4.79 Å². The Kier molecular flexibility index (Phi) is 4.97. The maximum absolute atomic E-state index is 12.5. The Bertz CT molecular complexity index is 604. The lowest BCUT2D eigenvalue weighted by atomic mass is 9.86. The topological polar surface area (TPSA) is 55.8 Å². The van der Waals surface area contributed by atoms with E-state index in [1.54, 1.807) is 7.11 Å². The van der Waals surface area contributed by atoms with Gasteiger partial charge in [0.05, 0.1) is 13.7 Å². The van der Waals surface area contributed by atoms with Crippen LogP contribution in [0.3, 0.4) is 0 Å². The third-order valence-electron chi connectivity index (χ3n) is 3.93. The van der Waals surface area contributed by atoms with Crippen LogP contribution in [-0.2, 0) is 9.53 Å². The standard InChI is InChI=1S/C18H25NO4/c1-12-10-13(22-5)6-7-14(12)15-8-9-19(11-16(15)20)17(21)23-18(2,3)4/h6-7,10,15H,8-9,11H2,1-5H3/t15-/m1/s1. The number of Topliss-reactive ketones (excluding diaryl/α,β-unsaturated/α-hetero) is 1. The number of benzene rings is 1. The number of rotatable bonds is 2. The fourth-order valence-corrected chi connectivity index (χ4v) is 2.80. The molecule has 1 aliphatic rings. The van der Waals surface area contributed by atoms with Gasteiger partial charge in [0.1, 0.15) is 11.4 Å². The van der Waals surface area contributed by atoms with Crippen molar-refractivity contribution >= 4 is 11.9 Å². The molecule has 0 aromatic heterocycles. The molecule has 0 radical (unpaired) electrons. The van der Waals surface area contributed by atoms with Crippen LogP contribution < -0.4 is 4.74 Å². The highest BCUT2D eigenvalue weighted by atomic mass is 16.6. The van der Waals surface area contributed by atoms with Crippen molar-refractivity contribution in [3.05, 3.63) is 29.3 Å².